The number of hydrazone groups is 1. The van der Waals surface area contributed by atoms with Crippen molar-refractivity contribution < 1.29 is 9.47 Å². The molecule has 0 aliphatic rings. The van der Waals surface area contributed by atoms with Crippen molar-refractivity contribution in [3.8, 4) is 11.5 Å². The zero-order valence-corrected chi connectivity index (χ0v) is 17.1. The Balaban J connectivity index is 1.39. The summed E-state index contributed by atoms with van der Waals surface area (Å²) in [5.74, 6) is 7.09. The third kappa shape index (κ3) is 5.30. The second kappa shape index (κ2) is 9.63. The normalized spacial score (nSPS) is 11.4. The minimum absolute atomic E-state index is 0.380. The van der Waals surface area contributed by atoms with Gasteiger partial charge in [0.2, 0.25) is 0 Å². The molecule has 6 nitrogen and oxygen atoms in total. The average Bonchev–Trinajstić information content (AvgIpc) is 2.82. The summed E-state index contributed by atoms with van der Waals surface area (Å²) in [5, 5.41) is 4.66. The highest BCUT2D eigenvalue weighted by molar-refractivity contribution is 5.82. The van der Waals surface area contributed by atoms with Crippen LogP contribution in [0.2, 0.25) is 0 Å². The summed E-state index contributed by atoms with van der Waals surface area (Å²) in [5.41, 5.74) is 9.67. The van der Waals surface area contributed by atoms with Gasteiger partial charge in [0.15, 0.2) is 0 Å². The number of amidine groups is 1. The van der Waals surface area contributed by atoms with Crippen molar-refractivity contribution in [1.82, 2.24) is 4.98 Å². The average molecular weight is 412 g/mol. The largest absolute Gasteiger partial charge is 0.489 e. The topological polar surface area (TPSA) is 95.8 Å². The molecule has 0 amide bonds. The van der Waals surface area contributed by atoms with Gasteiger partial charge in [-0.05, 0) is 35.4 Å². The van der Waals surface area contributed by atoms with Crippen LogP contribution in [0.1, 0.15) is 16.8 Å². The first-order valence-corrected chi connectivity index (χ1v) is 10.0. The van der Waals surface area contributed by atoms with Crippen molar-refractivity contribution in [2.45, 2.75) is 19.6 Å². The maximum Gasteiger partial charge on any atom is 0.130 e. The van der Waals surface area contributed by atoms with Crippen LogP contribution in [0, 0.1) is 0 Å². The van der Waals surface area contributed by atoms with E-state index in [-0.39, 0.29) is 0 Å². The zero-order valence-electron chi connectivity index (χ0n) is 17.1. The summed E-state index contributed by atoms with van der Waals surface area (Å²) in [6, 6.07) is 27.6. The highest BCUT2D eigenvalue weighted by Gasteiger charge is 2.06. The summed E-state index contributed by atoms with van der Waals surface area (Å²) in [6.45, 7) is 0.790. The molecular weight excluding hydrogens is 388 g/mol. The number of rotatable bonds is 8. The molecule has 0 bridgehead atoms. The van der Waals surface area contributed by atoms with E-state index >= 15 is 0 Å². The number of nitrogens with two attached hydrogens (primary N) is 2. The fraction of sp³-hybridized carbons (Fsp3) is 0.120. The number of para-hydroxylation sites is 1. The minimum Gasteiger partial charge on any atom is -0.489 e. The molecule has 0 aliphatic carbocycles. The first-order chi connectivity index (χ1) is 15.2. The third-order valence-corrected chi connectivity index (χ3v) is 4.90. The number of pyridine rings is 1. The molecule has 4 aromatic rings. The van der Waals surface area contributed by atoms with Gasteiger partial charge in [0.05, 0.1) is 11.2 Å². The molecule has 156 valence electrons. The van der Waals surface area contributed by atoms with E-state index < -0.39 is 0 Å². The molecule has 1 heterocycles. The van der Waals surface area contributed by atoms with Gasteiger partial charge in [-0.15, -0.1) is 0 Å². The summed E-state index contributed by atoms with van der Waals surface area (Å²) in [4.78, 5) is 4.64. The smallest absolute Gasteiger partial charge is 0.130 e. The molecule has 31 heavy (non-hydrogen) atoms. The Morgan fingerprint density at radius 1 is 0.774 bits per heavy atom. The molecule has 4 N–H and O–H groups in total. The van der Waals surface area contributed by atoms with Crippen LogP contribution in [0.3, 0.4) is 0 Å². The van der Waals surface area contributed by atoms with E-state index in [2.05, 4.69) is 16.2 Å². The first-order valence-electron chi connectivity index (χ1n) is 10.0. The van der Waals surface area contributed by atoms with Gasteiger partial charge in [0, 0.05) is 17.9 Å². The highest BCUT2D eigenvalue weighted by Crippen LogP contribution is 2.22. The summed E-state index contributed by atoms with van der Waals surface area (Å²) >= 11 is 0. The fourth-order valence-electron chi connectivity index (χ4n) is 3.27. The molecular formula is C25H24N4O2. The first kappa shape index (κ1) is 20.2. The number of fused-ring (bicyclic) bond motifs is 1. The minimum atomic E-state index is 0.380. The van der Waals surface area contributed by atoms with E-state index in [1.165, 1.54) is 0 Å². The summed E-state index contributed by atoms with van der Waals surface area (Å²) in [7, 11) is 0. The Morgan fingerprint density at radius 3 is 2.29 bits per heavy atom. The molecule has 0 aliphatic heterocycles. The maximum atomic E-state index is 5.99. The Labute approximate surface area is 181 Å². The second-order valence-corrected chi connectivity index (χ2v) is 7.11. The molecule has 0 fully saturated rings. The third-order valence-electron chi connectivity index (χ3n) is 4.90. The lowest BCUT2D eigenvalue weighted by atomic mass is 10.0. The van der Waals surface area contributed by atoms with E-state index in [1.807, 2.05) is 78.9 Å². The van der Waals surface area contributed by atoms with Gasteiger partial charge in [-0.1, -0.05) is 54.6 Å². The number of hydrogen-bond donors (Lipinski definition) is 2. The lowest BCUT2D eigenvalue weighted by Gasteiger charge is -2.12. The van der Waals surface area contributed by atoms with Gasteiger partial charge < -0.3 is 21.1 Å². The summed E-state index contributed by atoms with van der Waals surface area (Å²) in [6.07, 6.45) is 0.484. The molecule has 3 aromatic carbocycles. The Hall–Kier alpha value is -4.06. The predicted octanol–water partition coefficient (Wildman–Crippen LogP) is 4.17. The van der Waals surface area contributed by atoms with E-state index in [9.17, 15) is 0 Å². The molecule has 4 rings (SSSR count). The number of benzene rings is 3. The van der Waals surface area contributed by atoms with E-state index in [0.29, 0.717) is 25.5 Å². The molecule has 6 heteroatoms. The number of nitrogens with zero attached hydrogens (tertiary/aromatic N) is 2. The van der Waals surface area contributed by atoms with E-state index in [0.717, 1.165) is 39.2 Å². The van der Waals surface area contributed by atoms with Crippen LogP contribution in [-0.4, -0.2) is 10.8 Å². The van der Waals surface area contributed by atoms with Crippen LogP contribution >= 0.6 is 0 Å². The molecule has 0 spiro atoms. The van der Waals surface area contributed by atoms with Crippen LogP contribution in [0.5, 0.6) is 11.5 Å². The second-order valence-electron chi connectivity index (χ2n) is 7.11. The monoisotopic (exact) mass is 412 g/mol. The lowest BCUT2D eigenvalue weighted by molar-refractivity contribution is 0.287. The van der Waals surface area contributed by atoms with Crippen LogP contribution in [0.25, 0.3) is 10.9 Å². The van der Waals surface area contributed by atoms with Crippen molar-refractivity contribution in [2.75, 3.05) is 0 Å². The van der Waals surface area contributed by atoms with Crippen LogP contribution in [-0.2, 0) is 19.6 Å². The van der Waals surface area contributed by atoms with Gasteiger partial charge in [-0.2, -0.15) is 5.10 Å². The maximum absolute atomic E-state index is 5.99. The van der Waals surface area contributed by atoms with Crippen molar-refractivity contribution in [1.29, 1.82) is 0 Å². The van der Waals surface area contributed by atoms with Gasteiger partial charge in [0.1, 0.15) is 30.5 Å². The lowest BCUT2D eigenvalue weighted by Crippen LogP contribution is -2.18. The molecule has 0 saturated heterocycles. The summed E-state index contributed by atoms with van der Waals surface area (Å²) < 4.78 is 11.9. The van der Waals surface area contributed by atoms with Gasteiger partial charge in [-0.3, -0.25) is 0 Å². The van der Waals surface area contributed by atoms with Crippen LogP contribution in [0.15, 0.2) is 90.0 Å². The van der Waals surface area contributed by atoms with Crippen molar-refractivity contribution in [3.05, 3.63) is 102 Å². The van der Waals surface area contributed by atoms with Crippen LogP contribution in [0.4, 0.5) is 0 Å². The fourth-order valence-corrected chi connectivity index (χ4v) is 3.27. The highest BCUT2D eigenvalue weighted by atomic mass is 16.5. The Morgan fingerprint density at radius 2 is 1.48 bits per heavy atom. The van der Waals surface area contributed by atoms with Crippen LogP contribution < -0.4 is 21.1 Å². The Bertz CT molecular complexity index is 1210. The van der Waals surface area contributed by atoms with Crippen molar-refractivity contribution in [3.63, 3.8) is 0 Å². The van der Waals surface area contributed by atoms with Gasteiger partial charge in [0.25, 0.3) is 0 Å². The van der Waals surface area contributed by atoms with Gasteiger partial charge >= 0.3 is 0 Å². The van der Waals surface area contributed by atoms with Gasteiger partial charge in [-0.25, -0.2) is 4.98 Å². The van der Waals surface area contributed by atoms with E-state index in [4.69, 9.17) is 21.1 Å². The SMILES string of the molecule is N/N=C(\N)Cc1ccccc1COc1cccc(OCc2ccc3ccccc3n2)c1. The molecule has 0 unspecified atom stereocenters. The molecule has 0 atom stereocenters. The molecule has 1 aromatic heterocycles. The standard InChI is InChI=1S/C25H24N4O2/c26-25(29-27)14-19-7-1-2-8-20(19)16-30-22-9-5-10-23(15-22)31-17-21-13-12-18-6-3-4-11-24(18)28-21/h1-13,15H,14,16-17,27H2,(H2,26,29). The number of hydrogen-bond acceptors (Lipinski definition) is 5. The quantitative estimate of drug-likeness (QED) is 0.196. The molecule has 0 saturated carbocycles. The Kier molecular flexibility index (Phi) is 6.28. The number of ether oxygens (including phenoxy) is 2. The predicted molar refractivity (Wildman–Crippen MR) is 123 cm³/mol. The van der Waals surface area contributed by atoms with Crippen molar-refractivity contribution in [2.24, 2.45) is 16.7 Å². The van der Waals surface area contributed by atoms with Crippen molar-refractivity contribution >= 4 is 16.7 Å². The molecule has 0 radical (unpaired) electrons. The zero-order chi connectivity index (χ0) is 21.5. The number of aromatic nitrogens is 1. The van der Waals surface area contributed by atoms with E-state index in [1.54, 1.807) is 0 Å².